The second kappa shape index (κ2) is 10.6. The van der Waals surface area contributed by atoms with E-state index in [-0.39, 0.29) is 11.7 Å². The number of carbonyl (C=O) groups is 1. The fraction of sp³-hybridized carbons (Fsp3) is 0.120. The standard InChI is InChI=1S/C25H24N6OS/c1-17-10-9-11-18(2)22(17)28-21(32)16-33-25-30-23(26-19-12-5-3-6-13-19)29-24(31-25)27-20-14-7-4-8-15-20/h3-15H,16H2,1-2H3,(H,28,32)(H2,26,27,29,30,31). The van der Waals surface area contributed by atoms with Crippen LogP contribution < -0.4 is 16.0 Å². The van der Waals surface area contributed by atoms with Gasteiger partial charge in [-0.2, -0.15) is 15.0 Å². The molecule has 0 bridgehead atoms. The maximum Gasteiger partial charge on any atom is 0.234 e. The molecule has 1 heterocycles. The number of carbonyl (C=O) groups excluding carboxylic acids is 1. The van der Waals surface area contributed by atoms with Gasteiger partial charge < -0.3 is 16.0 Å². The Hall–Kier alpha value is -3.91. The number of nitrogens with zero attached hydrogens (tertiary/aromatic N) is 3. The third kappa shape index (κ3) is 6.30. The minimum atomic E-state index is -0.118. The van der Waals surface area contributed by atoms with Crippen molar-refractivity contribution in [1.82, 2.24) is 15.0 Å². The Bertz CT molecular complexity index is 1150. The van der Waals surface area contributed by atoms with Gasteiger partial charge in [0.2, 0.25) is 17.8 Å². The Morgan fingerprint density at radius 3 is 1.76 bits per heavy atom. The Kier molecular flexibility index (Phi) is 7.16. The highest BCUT2D eigenvalue weighted by atomic mass is 32.2. The highest BCUT2D eigenvalue weighted by Crippen LogP contribution is 2.23. The minimum absolute atomic E-state index is 0.118. The molecule has 3 aromatic carbocycles. The molecule has 166 valence electrons. The molecule has 0 aliphatic heterocycles. The number of hydrogen-bond donors (Lipinski definition) is 3. The number of benzene rings is 3. The third-order valence-corrected chi connectivity index (χ3v) is 5.60. The number of hydrogen-bond acceptors (Lipinski definition) is 7. The van der Waals surface area contributed by atoms with E-state index in [1.807, 2.05) is 92.7 Å². The van der Waals surface area contributed by atoms with Gasteiger partial charge >= 0.3 is 0 Å². The van der Waals surface area contributed by atoms with E-state index >= 15 is 0 Å². The molecule has 4 aromatic rings. The fourth-order valence-corrected chi connectivity index (χ4v) is 3.79. The van der Waals surface area contributed by atoms with Crippen LogP contribution in [0.4, 0.5) is 29.0 Å². The number of para-hydroxylation sites is 3. The molecule has 1 amide bonds. The van der Waals surface area contributed by atoms with Gasteiger partial charge in [0.1, 0.15) is 0 Å². The van der Waals surface area contributed by atoms with Crippen LogP contribution in [0, 0.1) is 13.8 Å². The number of aryl methyl sites for hydroxylation is 2. The van der Waals surface area contributed by atoms with Crippen molar-refractivity contribution in [2.45, 2.75) is 19.0 Å². The molecule has 0 spiro atoms. The van der Waals surface area contributed by atoms with E-state index < -0.39 is 0 Å². The summed E-state index contributed by atoms with van der Waals surface area (Å²) >= 11 is 1.25. The van der Waals surface area contributed by atoms with Gasteiger partial charge in [0.05, 0.1) is 5.75 Å². The molecule has 1 aromatic heterocycles. The monoisotopic (exact) mass is 456 g/mol. The molecular weight excluding hydrogens is 432 g/mol. The van der Waals surface area contributed by atoms with Crippen LogP contribution in [-0.2, 0) is 4.79 Å². The topological polar surface area (TPSA) is 91.8 Å². The van der Waals surface area contributed by atoms with Crippen LogP contribution >= 0.6 is 11.8 Å². The summed E-state index contributed by atoms with van der Waals surface area (Å²) < 4.78 is 0. The van der Waals surface area contributed by atoms with E-state index in [1.54, 1.807) is 0 Å². The van der Waals surface area contributed by atoms with Crippen LogP contribution in [0.1, 0.15) is 11.1 Å². The molecule has 7 nitrogen and oxygen atoms in total. The predicted octanol–water partition coefficient (Wildman–Crippen LogP) is 5.71. The fourth-order valence-electron chi connectivity index (χ4n) is 3.15. The molecule has 33 heavy (non-hydrogen) atoms. The van der Waals surface area contributed by atoms with Gasteiger partial charge in [-0.3, -0.25) is 4.79 Å². The number of thioether (sulfide) groups is 1. The lowest BCUT2D eigenvalue weighted by Crippen LogP contribution is -2.16. The summed E-state index contributed by atoms with van der Waals surface area (Å²) in [6, 6.07) is 25.3. The molecule has 0 saturated heterocycles. The van der Waals surface area contributed by atoms with E-state index in [0.717, 1.165) is 28.2 Å². The summed E-state index contributed by atoms with van der Waals surface area (Å²) in [5, 5.41) is 9.83. The highest BCUT2D eigenvalue weighted by molar-refractivity contribution is 7.99. The number of rotatable bonds is 8. The van der Waals surface area contributed by atoms with Crippen LogP contribution in [-0.4, -0.2) is 26.6 Å². The molecule has 8 heteroatoms. The first-order valence-electron chi connectivity index (χ1n) is 10.5. The number of nitrogens with one attached hydrogen (secondary N) is 3. The van der Waals surface area contributed by atoms with Crippen molar-refractivity contribution in [2.75, 3.05) is 21.7 Å². The summed E-state index contributed by atoms with van der Waals surface area (Å²) in [4.78, 5) is 26.1. The van der Waals surface area contributed by atoms with Gasteiger partial charge in [-0.05, 0) is 49.2 Å². The van der Waals surface area contributed by atoms with Crippen molar-refractivity contribution in [3.8, 4) is 0 Å². The van der Waals surface area contributed by atoms with Gasteiger partial charge in [0, 0.05) is 17.1 Å². The number of anilines is 5. The van der Waals surface area contributed by atoms with Gasteiger partial charge in [0.15, 0.2) is 5.16 Å². The number of aromatic nitrogens is 3. The zero-order valence-electron chi connectivity index (χ0n) is 18.4. The van der Waals surface area contributed by atoms with E-state index in [0.29, 0.717) is 17.1 Å². The Balaban J connectivity index is 1.51. The molecule has 0 atom stereocenters. The summed E-state index contributed by atoms with van der Waals surface area (Å²) in [5.41, 5.74) is 4.61. The normalized spacial score (nSPS) is 10.5. The van der Waals surface area contributed by atoms with Gasteiger partial charge in [-0.1, -0.05) is 66.4 Å². The second-order valence-corrected chi connectivity index (χ2v) is 8.29. The van der Waals surface area contributed by atoms with Gasteiger partial charge in [0.25, 0.3) is 0 Å². The largest absolute Gasteiger partial charge is 0.325 e. The van der Waals surface area contributed by atoms with E-state index in [4.69, 9.17) is 0 Å². The Labute approximate surface area is 197 Å². The lowest BCUT2D eigenvalue weighted by Gasteiger charge is -2.12. The molecule has 0 aliphatic rings. The summed E-state index contributed by atoms with van der Waals surface area (Å²) in [6.45, 7) is 3.95. The zero-order chi connectivity index (χ0) is 23.0. The lowest BCUT2D eigenvalue weighted by molar-refractivity contribution is -0.113. The van der Waals surface area contributed by atoms with E-state index in [2.05, 4.69) is 30.9 Å². The molecular formula is C25H24N6OS. The smallest absolute Gasteiger partial charge is 0.234 e. The first kappa shape index (κ1) is 22.3. The second-order valence-electron chi connectivity index (χ2n) is 7.35. The molecule has 0 unspecified atom stereocenters. The van der Waals surface area contributed by atoms with Crippen LogP contribution in [0.25, 0.3) is 0 Å². The molecule has 0 saturated carbocycles. The zero-order valence-corrected chi connectivity index (χ0v) is 19.2. The third-order valence-electron chi connectivity index (χ3n) is 4.75. The Morgan fingerprint density at radius 2 is 1.24 bits per heavy atom. The Morgan fingerprint density at radius 1 is 0.727 bits per heavy atom. The number of amides is 1. The average Bonchev–Trinajstić information content (AvgIpc) is 2.81. The summed E-state index contributed by atoms with van der Waals surface area (Å²) in [7, 11) is 0. The quantitative estimate of drug-likeness (QED) is 0.293. The summed E-state index contributed by atoms with van der Waals surface area (Å²) in [5.74, 6) is 0.848. The van der Waals surface area contributed by atoms with Crippen LogP contribution in [0.3, 0.4) is 0 Å². The van der Waals surface area contributed by atoms with Crippen LogP contribution in [0.2, 0.25) is 0 Å². The maximum absolute atomic E-state index is 12.6. The van der Waals surface area contributed by atoms with Gasteiger partial charge in [-0.25, -0.2) is 0 Å². The predicted molar refractivity (Wildman–Crippen MR) is 135 cm³/mol. The molecule has 0 aliphatic carbocycles. The van der Waals surface area contributed by atoms with Crippen molar-refractivity contribution in [3.63, 3.8) is 0 Å². The lowest BCUT2D eigenvalue weighted by atomic mass is 10.1. The SMILES string of the molecule is Cc1cccc(C)c1NC(=O)CSc1nc(Nc2ccccc2)nc(Nc2ccccc2)n1. The molecule has 0 fully saturated rings. The van der Waals surface area contributed by atoms with Crippen molar-refractivity contribution < 1.29 is 4.79 Å². The average molecular weight is 457 g/mol. The molecule has 4 rings (SSSR count). The minimum Gasteiger partial charge on any atom is -0.325 e. The highest BCUT2D eigenvalue weighted by Gasteiger charge is 2.12. The maximum atomic E-state index is 12.6. The molecule has 3 N–H and O–H groups in total. The van der Waals surface area contributed by atoms with Crippen molar-refractivity contribution >= 4 is 46.6 Å². The van der Waals surface area contributed by atoms with Crippen molar-refractivity contribution in [1.29, 1.82) is 0 Å². The van der Waals surface area contributed by atoms with Crippen molar-refractivity contribution in [3.05, 3.63) is 90.0 Å². The summed E-state index contributed by atoms with van der Waals surface area (Å²) in [6.07, 6.45) is 0. The first-order chi connectivity index (χ1) is 16.1. The van der Waals surface area contributed by atoms with Gasteiger partial charge in [-0.15, -0.1) is 0 Å². The van der Waals surface area contributed by atoms with Crippen LogP contribution in [0.5, 0.6) is 0 Å². The molecule has 0 radical (unpaired) electrons. The van der Waals surface area contributed by atoms with E-state index in [1.165, 1.54) is 11.8 Å². The van der Waals surface area contributed by atoms with Crippen LogP contribution in [0.15, 0.2) is 84.0 Å². The van der Waals surface area contributed by atoms with Crippen molar-refractivity contribution in [2.24, 2.45) is 0 Å². The van der Waals surface area contributed by atoms with E-state index in [9.17, 15) is 4.79 Å². The first-order valence-corrected chi connectivity index (χ1v) is 11.4.